The number of unbranched alkanes of at least 4 members (excludes halogenated alkanes) is 12. The van der Waals surface area contributed by atoms with Crippen molar-refractivity contribution in [2.45, 2.75) is 103 Å². The summed E-state index contributed by atoms with van der Waals surface area (Å²) in [6.07, 6.45) is 18.1. The van der Waals surface area contributed by atoms with Crippen LogP contribution in [0.15, 0.2) is 30.3 Å². The van der Waals surface area contributed by atoms with Gasteiger partial charge in [0.15, 0.2) is 0 Å². The highest BCUT2D eigenvalue weighted by Gasteiger charge is 2.01. The van der Waals surface area contributed by atoms with Gasteiger partial charge in [-0.3, -0.25) is 4.79 Å². The molecule has 0 saturated carbocycles. The summed E-state index contributed by atoms with van der Waals surface area (Å²) in [5.74, 6) is 0.187. The molecular weight excluding hydrogens is 306 g/mol. The third-order valence-electron chi connectivity index (χ3n) is 4.84. The molecule has 1 rings (SSSR count). The largest absolute Gasteiger partial charge is 0.352 e. The quantitative estimate of drug-likeness (QED) is 0.328. The summed E-state index contributed by atoms with van der Waals surface area (Å²) in [7, 11) is 0. The Hall–Kier alpha value is -1.31. The van der Waals surface area contributed by atoms with E-state index in [0.717, 1.165) is 6.42 Å². The molecule has 1 N–H and O–H groups in total. The number of carbonyl (C=O) groups excluding carboxylic acids is 1. The van der Waals surface area contributed by atoms with E-state index in [1.807, 2.05) is 30.3 Å². The average Bonchev–Trinajstić information content (AvgIpc) is 2.64. The molecule has 1 aromatic rings. The van der Waals surface area contributed by atoms with E-state index in [2.05, 4.69) is 12.2 Å². The van der Waals surface area contributed by atoms with Crippen LogP contribution in [0.1, 0.15) is 102 Å². The number of carbonyl (C=O) groups is 1. The minimum absolute atomic E-state index is 0.187. The number of rotatable bonds is 16. The van der Waals surface area contributed by atoms with Crippen molar-refractivity contribution in [3.63, 3.8) is 0 Å². The molecule has 0 aliphatic heterocycles. The molecule has 0 bridgehead atoms. The summed E-state index contributed by atoms with van der Waals surface area (Å²) >= 11 is 0. The van der Waals surface area contributed by atoms with E-state index in [4.69, 9.17) is 0 Å². The lowest BCUT2D eigenvalue weighted by molar-refractivity contribution is -0.121. The molecule has 0 saturated heterocycles. The van der Waals surface area contributed by atoms with Crippen molar-refractivity contribution in [2.24, 2.45) is 0 Å². The van der Waals surface area contributed by atoms with Gasteiger partial charge >= 0.3 is 0 Å². The Bertz CT molecular complexity index is 415. The highest BCUT2D eigenvalue weighted by atomic mass is 16.1. The van der Waals surface area contributed by atoms with Crippen molar-refractivity contribution < 1.29 is 4.79 Å². The van der Waals surface area contributed by atoms with E-state index in [1.54, 1.807) is 0 Å². The van der Waals surface area contributed by atoms with Crippen LogP contribution < -0.4 is 5.32 Å². The van der Waals surface area contributed by atoms with Gasteiger partial charge < -0.3 is 5.32 Å². The second kappa shape index (κ2) is 16.2. The van der Waals surface area contributed by atoms with E-state index >= 15 is 0 Å². The van der Waals surface area contributed by atoms with E-state index in [9.17, 15) is 4.79 Å². The molecule has 0 aromatic heterocycles. The maximum atomic E-state index is 11.8. The van der Waals surface area contributed by atoms with Crippen LogP contribution in [0.25, 0.3) is 0 Å². The lowest BCUT2D eigenvalue weighted by atomic mass is 10.0. The van der Waals surface area contributed by atoms with Gasteiger partial charge in [0, 0.05) is 13.0 Å². The van der Waals surface area contributed by atoms with Crippen LogP contribution in [0.5, 0.6) is 0 Å². The lowest BCUT2D eigenvalue weighted by Crippen LogP contribution is -2.22. The maximum Gasteiger partial charge on any atom is 0.220 e. The summed E-state index contributed by atoms with van der Waals surface area (Å²) in [4.78, 5) is 11.8. The first-order valence-corrected chi connectivity index (χ1v) is 10.6. The minimum atomic E-state index is 0.187. The van der Waals surface area contributed by atoms with E-state index in [1.165, 1.54) is 82.6 Å². The Kier molecular flexibility index (Phi) is 14.1. The van der Waals surface area contributed by atoms with Crippen LogP contribution in [0.4, 0.5) is 0 Å². The standard InChI is InChI=1S/C23H39NO/c1-2-3-4-5-6-7-8-9-10-11-12-13-17-20-23(25)24-21-22-18-15-14-16-19-22/h14-16,18-19H,2-13,17,20-21H2,1H3,(H,24,25). The van der Waals surface area contributed by atoms with Gasteiger partial charge in [-0.15, -0.1) is 0 Å². The topological polar surface area (TPSA) is 29.1 Å². The minimum Gasteiger partial charge on any atom is -0.352 e. The Morgan fingerprint density at radius 2 is 1.20 bits per heavy atom. The molecule has 0 aliphatic carbocycles. The molecule has 0 heterocycles. The lowest BCUT2D eigenvalue weighted by Gasteiger charge is -2.05. The van der Waals surface area contributed by atoms with Crippen molar-refractivity contribution in [2.75, 3.05) is 0 Å². The molecule has 0 atom stereocenters. The summed E-state index contributed by atoms with van der Waals surface area (Å²) in [5.41, 5.74) is 1.17. The van der Waals surface area contributed by atoms with E-state index < -0.39 is 0 Å². The SMILES string of the molecule is CCCCCCCCCCCCCCCC(=O)NCc1ccccc1. The Morgan fingerprint density at radius 1 is 0.720 bits per heavy atom. The monoisotopic (exact) mass is 345 g/mol. The Morgan fingerprint density at radius 3 is 1.72 bits per heavy atom. The zero-order valence-electron chi connectivity index (χ0n) is 16.4. The molecule has 0 unspecified atom stereocenters. The fraction of sp³-hybridized carbons (Fsp3) is 0.696. The van der Waals surface area contributed by atoms with Gasteiger partial charge in [0.2, 0.25) is 5.91 Å². The van der Waals surface area contributed by atoms with Gasteiger partial charge in [0.1, 0.15) is 0 Å². The first kappa shape index (κ1) is 21.7. The average molecular weight is 346 g/mol. The van der Waals surface area contributed by atoms with Crippen LogP contribution in [0.2, 0.25) is 0 Å². The van der Waals surface area contributed by atoms with Crippen LogP contribution >= 0.6 is 0 Å². The zero-order chi connectivity index (χ0) is 18.0. The van der Waals surface area contributed by atoms with Crippen molar-refractivity contribution in [1.82, 2.24) is 5.32 Å². The molecule has 0 aliphatic rings. The van der Waals surface area contributed by atoms with Crippen LogP contribution in [0.3, 0.4) is 0 Å². The fourth-order valence-electron chi connectivity index (χ4n) is 3.19. The first-order valence-electron chi connectivity index (χ1n) is 10.6. The molecule has 2 heteroatoms. The molecule has 2 nitrogen and oxygen atoms in total. The first-order chi connectivity index (χ1) is 12.3. The highest BCUT2D eigenvalue weighted by Crippen LogP contribution is 2.12. The van der Waals surface area contributed by atoms with E-state index in [-0.39, 0.29) is 5.91 Å². The van der Waals surface area contributed by atoms with Crippen LogP contribution in [0, 0.1) is 0 Å². The molecule has 0 spiro atoms. The molecule has 0 radical (unpaired) electrons. The predicted molar refractivity (Wildman–Crippen MR) is 109 cm³/mol. The fourth-order valence-corrected chi connectivity index (χ4v) is 3.19. The van der Waals surface area contributed by atoms with Gasteiger partial charge in [-0.05, 0) is 12.0 Å². The molecular formula is C23H39NO. The normalized spacial score (nSPS) is 10.8. The smallest absolute Gasteiger partial charge is 0.220 e. The Labute approximate surface area is 155 Å². The highest BCUT2D eigenvalue weighted by molar-refractivity contribution is 5.75. The third kappa shape index (κ3) is 13.6. The molecule has 1 aromatic carbocycles. The number of nitrogens with one attached hydrogen (secondary N) is 1. The second-order valence-electron chi connectivity index (χ2n) is 7.25. The zero-order valence-corrected chi connectivity index (χ0v) is 16.4. The number of amides is 1. The number of hydrogen-bond acceptors (Lipinski definition) is 1. The molecule has 1 amide bonds. The summed E-state index contributed by atoms with van der Waals surface area (Å²) in [6.45, 7) is 2.93. The van der Waals surface area contributed by atoms with Gasteiger partial charge in [-0.25, -0.2) is 0 Å². The van der Waals surface area contributed by atoms with Crippen molar-refractivity contribution >= 4 is 5.91 Å². The number of benzene rings is 1. The van der Waals surface area contributed by atoms with Gasteiger partial charge in [0.05, 0.1) is 0 Å². The Balaban J connectivity index is 1.80. The van der Waals surface area contributed by atoms with Crippen LogP contribution in [-0.4, -0.2) is 5.91 Å². The molecule has 25 heavy (non-hydrogen) atoms. The number of hydrogen-bond donors (Lipinski definition) is 1. The third-order valence-corrected chi connectivity index (χ3v) is 4.84. The summed E-state index contributed by atoms with van der Waals surface area (Å²) in [5, 5.41) is 3.00. The van der Waals surface area contributed by atoms with Crippen LogP contribution in [-0.2, 0) is 11.3 Å². The van der Waals surface area contributed by atoms with E-state index in [0.29, 0.717) is 13.0 Å². The summed E-state index contributed by atoms with van der Waals surface area (Å²) in [6, 6.07) is 10.1. The van der Waals surface area contributed by atoms with Crippen molar-refractivity contribution in [1.29, 1.82) is 0 Å². The van der Waals surface area contributed by atoms with Gasteiger partial charge in [0.25, 0.3) is 0 Å². The van der Waals surface area contributed by atoms with Crippen molar-refractivity contribution in [3.8, 4) is 0 Å². The predicted octanol–water partition coefficient (Wildman–Crippen LogP) is 6.78. The van der Waals surface area contributed by atoms with Gasteiger partial charge in [-0.2, -0.15) is 0 Å². The summed E-state index contributed by atoms with van der Waals surface area (Å²) < 4.78 is 0. The molecule has 0 fully saturated rings. The van der Waals surface area contributed by atoms with Gasteiger partial charge in [-0.1, -0.05) is 114 Å². The van der Waals surface area contributed by atoms with Crippen molar-refractivity contribution in [3.05, 3.63) is 35.9 Å². The second-order valence-corrected chi connectivity index (χ2v) is 7.25. The maximum absolute atomic E-state index is 11.8. The molecule has 142 valence electrons.